The van der Waals surface area contributed by atoms with E-state index in [0.717, 1.165) is 11.1 Å². The molecule has 0 saturated carbocycles. The predicted molar refractivity (Wildman–Crippen MR) is 66.7 cm³/mol. The molecule has 94 valence electrons. The lowest BCUT2D eigenvalue weighted by molar-refractivity contribution is -0.255. The summed E-state index contributed by atoms with van der Waals surface area (Å²) in [5.41, 5.74) is 2.54. The second-order valence-corrected chi connectivity index (χ2v) is 5.51. The van der Waals surface area contributed by atoms with E-state index in [2.05, 4.69) is 0 Å². The highest BCUT2D eigenvalue weighted by molar-refractivity contribution is 5.90. The van der Waals surface area contributed by atoms with Gasteiger partial charge in [0.05, 0.1) is 12.2 Å². The molecule has 0 aliphatic heterocycles. The smallest absolute Gasteiger partial charge is 0.293 e. The normalized spacial score (nSPS) is 11.4. The number of rotatable bonds is 3. The van der Waals surface area contributed by atoms with E-state index in [0.29, 0.717) is 12.2 Å². The summed E-state index contributed by atoms with van der Waals surface area (Å²) in [7, 11) is 0. The number of carbonyl (C=O) groups is 1. The molecule has 17 heavy (non-hydrogen) atoms. The molecule has 0 N–H and O–H groups in total. The molecule has 3 nitrogen and oxygen atoms in total. The maximum absolute atomic E-state index is 11.7. The number of aryl methyl sites for hydroxylation is 2. The van der Waals surface area contributed by atoms with Crippen LogP contribution in [0.2, 0.25) is 0 Å². The minimum absolute atomic E-state index is 0.0252. The maximum Gasteiger partial charge on any atom is 0.373 e. The van der Waals surface area contributed by atoms with E-state index < -0.39 is 5.97 Å². The van der Waals surface area contributed by atoms with Crippen molar-refractivity contribution < 1.29 is 14.6 Å². The Morgan fingerprint density at radius 1 is 1.24 bits per heavy atom. The zero-order chi connectivity index (χ0) is 13.1. The molecule has 0 heterocycles. The van der Waals surface area contributed by atoms with Crippen molar-refractivity contribution in [3.8, 4) is 0 Å². The van der Waals surface area contributed by atoms with Crippen LogP contribution >= 0.6 is 0 Å². The highest BCUT2D eigenvalue weighted by atomic mass is 17.2. The largest absolute Gasteiger partial charge is 0.373 e. The summed E-state index contributed by atoms with van der Waals surface area (Å²) in [6.45, 7) is 10.3. The van der Waals surface area contributed by atoms with Crippen molar-refractivity contribution in [1.82, 2.24) is 0 Å². The predicted octanol–water partition coefficient (Wildman–Crippen LogP) is 3.44. The lowest BCUT2D eigenvalue weighted by atomic mass is 9.99. The molecule has 0 spiro atoms. The zero-order valence-corrected chi connectivity index (χ0v) is 11.2. The standard InChI is InChI=1S/C14H20O3/c1-10-6-7-12(11(2)8-10)13(15)17-16-9-14(3,4)5/h6-8H,9H2,1-5H3. The number of hydrogen-bond acceptors (Lipinski definition) is 3. The quantitative estimate of drug-likeness (QED) is 0.595. The monoisotopic (exact) mass is 236 g/mol. The molecule has 1 aromatic carbocycles. The molecular formula is C14H20O3. The summed E-state index contributed by atoms with van der Waals surface area (Å²) in [6.07, 6.45) is 0. The van der Waals surface area contributed by atoms with Crippen LogP contribution in [0.3, 0.4) is 0 Å². The van der Waals surface area contributed by atoms with Crippen LogP contribution in [0.15, 0.2) is 18.2 Å². The van der Waals surface area contributed by atoms with Gasteiger partial charge in [-0.05, 0) is 30.9 Å². The SMILES string of the molecule is Cc1ccc(C(=O)OOCC(C)(C)C)c(C)c1. The van der Waals surface area contributed by atoms with Crippen LogP contribution in [0, 0.1) is 19.3 Å². The van der Waals surface area contributed by atoms with Crippen LogP contribution in [-0.4, -0.2) is 12.6 Å². The van der Waals surface area contributed by atoms with E-state index in [1.807, 2.05) is 46.8 Å². The average molecular weight is 236 g/mol. The van der Waals surface area contributed by atoms with E-state index in [1.54, 1.807) is 6.07 Å². The fourth-order valence-electron chi connectivity index (χ4n) is 1.35. The van der Waals surface area contributed by atoms with Gasteiger partial charge < -0.3 is 0 Å². The number of hydrogen-bond donors (Lipinski definition) is 0. The number of carbonyl (C=O) groups excluding carboxylic acids is 1. The fourth-order valence-corrected chi connectivity index (χ4v) is 1.35. The van der Waals surface area contributed by atoms with Gasteiger partial charge in [-0.25, -0.2) is 4.79 Å². The van der Waals surface area contributed by atoms with Crippen LogP contribution in [0.4, 0.5) is 0 Å². The van der Waals surface area contributed by atoms with Gasteiger partial charge in [-0.2, -0.15) is 4.89 Å². The molecule has 1 rings (SSSR count). The van der Waals surface area contributed by atoms with Gasteiger partial charge in [0.25, 0.3) is 0 Å². The van der Waals surface area contributed by atoms with Gasteiger partial charge >= 0.3 is 5.97 Å². The molecule has 1 aromatic rings. The van der Waals surface area contributed by atoms with Crippen LogP contribution < -0.4 is 0 Å². The Morgan fingerprint density at radius 2 is 1.88 bits per heavy atom. The summed E-state index contributed by atoms with van der Waals surface area (Å²) in [6, 6.07) is 5.58. The Balaban J connectivity index is 2.59. The first-order valence-corrected chi connectivity index (χ1v) is 5.71. The molecule has 0 fully saturated rings. The Labute approximate surface area is 103 Å². The Kier molecular flexibility index (Phi) is 4.29. The summed E-state index contributed by atoms with van der Waals surface area (Å²) in [5, 5.41) is 0. The molecule has 0 atom stereocenters. The topological polar surface area (TPSA) is 35.5 Å². The molecule has 0 aromatic heterocycles. The van der Waals surface area contributed by atoms with Crippen LogP contribution in [-0.2, 0) is 9.78 Å². The van der Waals surface area contributed by atoms with Gasteiger partial charge in [0.2, 0.25) is 0 Å². The van der Waals surface area contributed by atoms with E-state index in [4.69, 9.17) is 9.78 Å². The first-order chi connectivity index (χ1) is 7.79. The molecule has 0 saturated heterocycles. The van der Waals surface area contributed by atoms with Crippen molar-refractivity contribution in [1.29, 1.82) is 0 Å². The Morgan fingerprint density at radius 3 is 2.41 bits per heavy atom. The van der Waals surface area contributed by atoms with Crippen LogP contribution in [0.25, 0.3) is 0 Å². The molecule has 0 aliphatic carbocycles. The molecule has 3 heteroatoms. The lowest BCUT2D eigenvalue weighted by Gasteiger charge is -2.16. The van der Waals surface area contributed by atoms with Crippen molar-refractivity contribution in [3.05, 3.63) is 34.9 Å². The molecule has 0 unspecified atom stereocenters. The summed E-state index contributed by atoms with van der Waals surface area (Å²) >= 11 is 0. The molecular weight excluding hydrogens is 216 g/mol. The van der Waals surface area contributed by atoms with Gasteiger partial charge in [-0.3, -0.25) is 4.89 Å². The summed E-state index contributed by atoms with van der Waals surface area (Å²) < 4.78 is 0. The third-order valence-corrected chi connectivity index (χ3v) is 2.23. The van der Waals surface area contributed by atoms with E-state index >= 15 is 0 Å². The van der Waals surface area contributed by atoms with Gasteiger partial charge in [0.15, 0.2) is 0 Å². The van der Waals surface area contributed by atoms with Crippen molar-refractivity contribution in [3.63, 3.8) is 0 Å². The minimum Gasteiger partial charge on any atom is -0.293 e. The van der Waals surface area contributed by atoms with Crippen molar-refractivity contribution in [2.45, 2.75) is 34.6 Å². The highest BCUT2D eigenvalue weighted by Crippen LogP contribution is 2.15. The third kappa shape index (κ3) is 4.57. The molecule has 0 bridgehead atoms. The summed E-state index contributed by atoms with van der Waals surface area (Å²) in [4.78, 5) is 21.5. The molecule has 0 radical (unpaired) electrons. The number of benzene rings is 1. The zero-order valence-electron chi connectivity index (χ0n) is 11.2. The first-order valence-electron chi connectivity index (χ1n) is 5.71. The second-order valence-electron chi connectivity index (χ2n) is 5.51. The molecule has 0 amide bonds. The summed E-state index contributed by atoms with van der Waals surface area (Å²) in [5.74, 6) is -0.438. The van der Waals surface area contributed by atoms with Gasteiger partial charge in [0.1, 0.15) is 0 Å². The van der Waals surface area contributed by atoms with E-state index in [1.165, 1.54) is 0 Å². The van der Waals surface area contributed by atoms with Crippen molar-refractivity contribution in [2.24, 2.45) is 5.41 Å². The van der Waals surface area contributed by atoms with Gasteiger partial charge in [0, 0.05) is 0 Å². The average Bonchev–Trinajstić information content (AvgIpc) is 2.15. The minimum atomic E-state index is -0.438. The lowest BCUT2D eigenvalue weighted by Crippen LogP contribution is -2.17. The van der Waals surface area contributed by atoms with Gasteiger partial charge in [-0.15, -0.1) is 0 Å². The van der Waals surface area contributed by atoms with Gasteiger partial charge in [-0.1, -0.05) is 38.5 Å². The highest BCUT2D eigenvalue weighted by Gasteiger charge is 2.15. The van der Waals surface area contributed by atoms with Crippen molar-refractivity contribution in [2.75, 3.05) is 6.61 Å². The second kappa shape index (κ2) is 5.32. The Bertz CT molecular complexity index is 402. The fraction of sp³-hybridized carbons (Fsp3) is 0.500. The van der Waals surface area contributed by atoms with Crippen LogP contribution in [0.5, 0.6) is 0 Å². The maximum atomic E-state index is 11.7. The van der Waals surface area contributed by atoms with Crippen LogP contribution in [0.1, 0.15) is 42.3 Å². The third-order valence-electron chi connectivity index (χ3n) is 2.23. The molecule has 0 aliphatic rings. The van der Waals surface area contributed by atoms with E-state index in [-0.39, 0.29) is 5.41 Å². The van der Waals surface area contributed by atoms with Crippen molar-refractivity contribution >= 4 is 5.97 Å². The van der Waals surface area contributed by atoms with E-state index in [9.17, 15) is 4.79 Å². The Hall–Kier alpha value is -1.35. The first kappa shape index (κ1) is 13.7.